The predicted octanol–water partition coefficient (Wildman–Crippen LogP) is 4.03. The second-order valence-electron chi connectivity index (χ2n) is 6.53. The number of aryl methyl sites for hydroxylation is 1. The minimum absolute atomic E-state index is 0.0438. The molecule has 1 aliphatic carbocycles. The molecule has 1 aromatic heterocycles. The van der Waals surface area contributed by atoms with E-state index in [9.17, 15) is 4.79 Å². The SMILES string of the molecule is CN(Cc1cc(-c2ccccc2)no1)C(=O)C1CCc2ccccc21. The number of hydrogen-bond donors (Lipinski definition) is 0. The van der Waals surface area contributed by atoms with E-state index in [1.807, 2.05) is 55.6 Å². The fourth-order valence-corrected chi connectivity index (χ4v) is 3.52. The predicted molar refractivity (Wildman–Crippen MR) is 95.9 cm³/mol. The first-order chi connectivity index (χ1) is 12.2. The van der Waals surface area contributed by atoms with Crippen molar-refractivity contribution in [3.63, 3.8) is 0 Å². The van der Waals surface area contributed by atoms with Gasteiger partial charge in [0.2, 0.25) is 5.91 Å². The zero-order chi connectivity index (χ0) is 17.2. The third-order valence-corrected chi connectivity index (χ3v) is 4.83. The van der Waals surface area contributed by atoms with Gasteiger partial charge in [-0.1, -0.05) is 59.8 Å². The summed E-state index contributed by atoms with van der Waals surface area (Å²) < 4.78 is 5.43. The fourth-order valence-electron chi connectivity index (χ4n) is 3.52. The lowest BCUT2D eigenvalue weighted by Gasteiger charge is -2.20. The molecule has 4 rings (SSSR count). The Kier molecular flexibility index (Phi) is 4.10. The van der Waals surface area contributed by atoms with E-state index >= 15 is 0 Å². The van der Waals surface area contributed by atoms with Gasteiger partial charge in [-0.15, -0.1) is 0 Å². The highest BCUT2D eigenvalue weighted by Gasteiger charge is 2.30. The summed E-state index contributed by atoms with van der Waals surface area (Å²) in [5.74, 6) is 0.793. The van der Waals surface area contributed by atoms with Crippen LogP contribution in [0.25, 0.3) is 11.3 Å². The summed E-state index contributed by atoms with van der Waals surface area (Å²) in [4.78, 5) is 14.6. The van der Waals surface area contributed by atoms with Crippen LogP contribution in [-0.2, 0) is 17.8 Å². The van der Waals surface area contributed by atoms with Crippen LogP contribution >= 0.6 is 0 Å². The van der Waals surface area contributed by atoms with E-state index in [2.05, 4.69) is 17.3 Å². The van der Waals surface area contributed by atoms with Crippen molar-refractivity contribution in [1.29, 1.82) is 0 Å². The van der Waals surface area contributed by atoms with E-state index in [1.165, 1.54) is 11.1 Å². The number of rotatable bonds is 4. The molecule has 4 nitrogen and oxygen atoms in total. The van der Waals surface area contributed by atoms with Crippen molar-refractivity contribution in [3.05, 3.63) is 77.6 Å². The maximum absolute atomic E-state index is 12.9. The molecule has 1 aliphatic rings. The van der Waals surface area contributed by atoms with Gasteiger partial charge in [0.1, 0.15) is 5.69 Å². The van der Waals surface area contributed by atoms with Crippen molar-refractivity contribution >= 4 is 5.91 Å². The number of aromatic nitrogens is 1. The summed E-state index contributed by atoms with van der Waals surface area (Å²) >= 11 is 0. The third-order valence-electron chi connectivity index (χ3n) is 4.83. The van der Waals surface area contributed by atoms with Gasteiger partial charge in [0, 0.05) is 18.7 Å². The highest BCUT2D eigenvalue weighted by atomic mass is 16.5. The van der Waals surface area contributed by atoms with E-state index in [-0.39, 0.29) is 11.8 Å². The molecule has 0 bridgehead atoms. The average Bonchev–Trinajstić information content (AvgIpc) is 3.29. The smallest absolute Gasteiger partial charge is 0.230 e. The maximum atomic E-state index is 12.9. The minimum atomic E-state index is -0.0438. The molecule has 1 unspecified atom stereocenters. The molecule has 4 heteroatoms. The molecule has 0 spiro atoms. The molecule has 0 fully saturated rings. The number of carbonyl (C=O) groups excluding carboxylic acids is 1. The highest BCUT2D eigenvalue weighted by Crippen LogP contribution is 2.34. The molecular weight excluding hydrogens is 312 g/mol. The molecule has 0 aliphatic heterocycles. The molecule has 1 amide bonds. The van der Waals surface area contributed by atoms with Crippen molar-refractivity contribution in [3.8, 4) is 11.3 Å². The quantitative estimate of drug-likeness (QED) is 0.724. The van der Waals surface area contributed by atoms with Crippen molar-refractivity contribution in [1.82, 2.24) is 10.1 Å². The molecular formula is C21H20N2O2. The summed E-state index contributed by atoms with van der Waals surface area (Å²) in [6.45, 7) is 0.428. The number of nitrogens with zero attached hydrogens (tertiary/aromatic N) is 2. The first kappa shape index (κ1) is 15.6. The molecule has 3 aromatic rings. The fraction of sp³-hybridized carbons (Fsp3) is 0.238. The standard InChI is InChI=1S/C21H20N2O2/c1-23(21(24)19-12-11-15-7-5-6-10-18(15)19)14-17-13-20(22-25-17)16-8-3-2-4-9-16/h2-10,13,19H,11-12,14H2,1H3. The molecule has 0 N–H and O–H groups in total. The number of hydrogen-bond acceptors (Lipinski definition) is 3. The molecule has 1 atom stereocenters. The van der Waals surface area contributed by atoms with Gasteiger partial charge in [-0.05, 0) is 24.0 Å². The summed E-state index contributed by atoms with van der Waals surface area (Å²) in [5, 5.41) is 4.12. The van der Waals surface area contributed by atoms with Gasteiger partial charge in [0.05, 0.1) is 12.5 Å². The second kappa shape index (κ2) is 6.55. The van der Waals surface area contributed by atoms with Gasteiger partial charge in [-0.3, -0.25) is 4.79 Å². The lowest BCUT2D eigenvalue weighted by molar-refractivity contribution is -0.132. The monoisotopic (exact) mass is 332 g/mol. The Bertz CT molecular complexity index is 886. The molecule has 0 saturated heterocycles. The first-order valence-electron chi connectivity index (χ1n) is 8.56. The Balaban J connectivity index is 1.47. The second-order valence-corrected chi connectivity index (χ2v) is 6.53. The van der Waals surface area contributed by atoms with Crippen LogP contribution in [-0.4, -0.2) is 23.0 Å². The number of fused-ring (bicyclic) bond motifs is 1. The number of likely N-dealkylation sites (N-methyl/N-ethyl adjacent to an activating group) is 1. The maximum Gasteiger partial charge on any atom is 0.230 e. The molecule has 126 valence electrons. The van der Waals surface area contributed by atoms with Crippen LogP contribution in [0.15, 0.2) is 65.2 Å². The third kappa shape index (κ3) is 3.07. The number of benzene rings is 2. The van der Waals surface area contributed by atoms with E-state index in [0.717, 1.165) is 24.1 Å². The van der Waals surface area contributed by atoms with Crippen LogP contribution in [0, 0.1) is 0 Å². The van der Waals surface area contributed by atoms with Crippen molar-refractivity contribution in [2.75, 3.05) is 7.05 Å². The zero-order valence-corrected chi connectivity index (χ0v) is 14.2. The Labute approximate surface area is 147 Å². The Morgan fingerprint density at radius 2 is 1.92 bits per heavy atom. The summed E-state index contributed by atoms with van der Waals surface area (Å²) in [6.07, 6.45) is 1.86. The summed E-state index contributed by atoms with van der Waals surface area (Å²) in [6, 6.07) is 20.0. The van der Waals surface area contributed by atoms with Crippen LogP contribution in [0.1, 0.15) is 29.2 Å². The van der Waals surface area contributed by atoms with Crippen LogP contribution in [0.3, 0.4) is 0 Å². The van der Waals surface area contributed by atoms with Gasteiger partial charge < -0.3 is 9.42 Å². The van der Waals surface area contributed by atoms with Gasteiger partial charge in [0.25, 0.3) is 0 Å². The minimum Gasteiger partial charge on any atom is -0.359 e. The molecule has 0 saturated carbocycles. The van der Waals surface area contributed by atoms with Crippen molar-refractivity contribution < 1.29 is 9.32 Å². The van der Waals surface area contributed by atoms with Crippen LogP contribution in [0.4, 0.5) is 0 Å². The van der Waals surface area contributed by atoms with E-state index < -0.39 is 0 Å². The normalized spacial score (nSPS) is 15.8. The zero-order valence-electron chi connectivity index (χ0n) is 14.2. The molecule has 0 radical (unpaired) electrons. The van der Waals surface area contributed by atoms with Gasteiger partial charge in [-0.2, -0.15) is 0 Å². The topological polar surface area (TPSA) is 46.3 Å². The highest BCUT2D eigenvalue weighted by molar-refractivity contribution is 5.84. The Hall–Kier alpha value is -2.88. The van der Waals surface area contributed by atoms with Gasteiger partial charge in [0.15, 0.2) is 5.76 Å². The van der Waals surface area contributed by atoms with Gasteiger partial charge >= 0.3 is 0 Å². The largest absolute Gasteiger partial charge is 0.359 e. The van der Waals surface area contributed by atoms with E-state index in [1.54, 1.807) is 4.90 Å². The molecule has 2 aromatic carbocycles. The van der Waals surface area contributed by atoms with E-state index in [0.29, 0.717) is 12.3 Å². The number of amides is 1. The first-order valence-corrected chi connectivity index (χ1v) is 8.56. The molecule has 1 heterocycles. The Morgan fingerprint density at radius 3 is 2.76 bits per heavy atom. The lowest BCUT2D eigenvalue weighted by atomic mass is 10.00. The van der Waals surface area contributed by atoms with Crippen LogP contribution in [0.2, 0.25) is 0 Å². The Morgan fingerprint density at radius 1 is 1.16 bits per heavy atom. The molecule has 25 heavy (non-hydrogen) atoms. The van der Waals surface area contributed by atoms with Crippen molar-refractivity contribution in [2.24, 2.45) is 0 Å². The number of carbonyl (C=O) groups is 1. The van der Waals surface area contributed by atoms with Gasteiger partial charge in [-0.25, -0.2) is 0 Å². The lowest BCUT2D eigenvalue weighted by Crippen LogP contribution is -2.30. The van der Waals surface area contributed by atoms with E-state index in [4.69, 9.17) is 4.52 Å². The summed E-state index contributed by atoms with van der Waals surface area (Å²) in [7, 11) is 1.83. The van der Waals surface area contributed by atoms with Crippen LogP contribution in [0.5, 0.6) is 0 Å². The average molecular weight is 332 g/mol. The van der Waals surface area contributed by atoms with Crippen molar-refractivity contribution in [2.45, 2.75) is 25.3 Å². The van der Waals surface area contributed by atoms with Crippen LogP contribution < -0.4 is 0 Å². The summed E-state index contributed by atoms with van der Waals surface area (Å²) in [5.41, 5.74) is 4.26.